The molecule has 1 saturated heterocycles. The van der Waals surface area contributed by atoms with Crippen molar-refractivity contribution in [2.45, 2.75) is 25.7 Å². The largest absolute Gasteiger partial charge is 0.507 e. The highest BCUT2D eigenvalue weighted by Crippen LogP contribution is 2.56. The molecule has 4 unspecified atom stereocenters. The summed E-state index contributed by atoms with van der Waals surface area (Å²) in [5.74, 6) is -2.99. The first kappa shape index (κ1) is 22.2. The molecule has 0 aromatic heterocycles. The van der Waals surface area contributed by atoms with Gasteiger partial charge in [0, 0.05) is 40.6 Å². The predicted octanol–water partition coefficient (Wildman–Crippen LogP) is 4.33. The molecule has 4 aliphatic rings. The molecule has 4 atom stereocenters. The molecule has 2 aromatic carbocycles. The van der Waals surface area contributed by atoms with Crippen molar-refractivity contribution in [3.63, 3.8) is 0 Å². The van der Waals surface area contributed by atoms with Gasteiger partial charge in [0.2, 0.25) is 11.8 Å². The summed E-state index contributed by atoms with van der Waals surface area (Å²) in [5.41, 5.74) is 2.08. The van der Waals surface area contributed by atoms with Gasteiger partial charge < -0.3 is 5.11 Å². The number of imide groups is 1. The number of allylic oxidation sites excluding steroid dienone is 6. The van der Waals surface area contributed by atoms with Crippen LogP contribution in [0.15, 0.2) is 69.8 Å². The zero-order valence-corrected chi connectivity index (χ0v) is 20.5. The molecular weight excluding hydrogens is 510 g/mol. The smallest absolute Gasteiger partial charge is 0.233 e. The predicted molar refractivity (Wildman–Crippen MR) is 133 cm³/mol. The Bertz CT molecular complexity index is 1460. The summed E-state index contributed by atoms with van der Waals surface area (Å²) in [5, 5.41) is 12.9. The first-order valence-corrected chi connectivity index (χ1v) is 12.6. The van der Waals surface area contributed by atoms with Crippen molar-refractivity contribution in [2.24, 2.45) is 17.8 Å². The van der Waals surface area contributed by atoms with E-state index in [1.54, 1.807) is 13.0 Å². The number of phenolic OH excluding ortho intramolecular Hbond substituents is 1. The number of likely N-dealkylation sites (tertiary alicyclic amines) is 1. The summed E-state index contributed by atoms with van der Waals surface area (Å²) in [6.07, 6.45) is 3.87. The fraction of sp³-hybridized carbons (Fsp3) is 0.286. The van der Waals surface area contributed by atoms with Gasteiger partial charge in [-0.2, -0.15) is 0 Å². The fourth-order valence-electron chi connectivity index (χ4n) is 6.44. The molecule has 3 aliphatic carbocycles. The van der Waals surface area contributed by atoms with Gasteiger partial charge in [-0.05, 0) is 47.0 Å². The average molecular weight is 532 g/mol. The SMILES string of the molecule is CCN1C(=O)C2CC=C3C(c4ccc5ccccc5c4O)C4=C(CC3C2C1=O)C(=O)C(Br)=CC4=O. The quantitative estimate of drug-likeness (QED) is 0.353. The number of halogens is 1. The van der Waals surface area contributed by atoms with Crippen molar-refractivity contribution in [2.75, 3.05) is 6.54 Å². The van der Waals surface area contributed by atoms with Gasteiger partial charge in [-0.15, -0.1) is 0 Å². The standard InChI is InChI=1S/C28H22BrNO5/c1-2-30-27(34)17-10-9-15-18(23(17)28(30)35)11-19-24(21(31)12-20(29)26(19)33)22(15)16-8-7-13-5-3-4-6-14(13)25(16)32/h3-9,12,17-18,22-23,32H,2,10-11H2,1H3. The molecule has 0 saturated carbocycles. The second-order valence-electron chi connectivity index (χ2n) is 9.54. The van der Waals surface area contributed by atoms with Crippen molar-refractivity contribution < 1.29 is 24.3 Å². The summed E-state index contributed by atoms with van der Waals surface area (Å²) in [4.78, 5) is 54.1. The summed E-state index contributed by atoms with van der Waals surface area (Å²) in [6, 6.07) is 11.1. The number of hydrogen-bond acceptors (Lipinski definition) is 5. The van der Waals surface area contributed by atoms with Crippen LogP contribution in [0, 0.1) is 17.8 Å². The summed E-state index contributed by atoms with van der Waals surface area (Å²) < 4.78 is 0.187. The van der Waals surface area contributed by atoms with Crippen LogP contribution < -0.4 is 0 Å². The molecule has 0 bridgehead atoms. The summed E-state index contributed by atoms with van der Waals surface area (Å²) in [6.45, 7) is 2.09. The zero-order chi connectivity index (χ0) is 24.6. The lowest BCUT2D eigenvalue weighted by molar-refractivity contribution is -0.139. The first-order chi connectivity index (χ1) is 16.8. The van der Waals surface area contributed by atoms with E-state index >= 15 is 0 Å². The minimum atomic E-state index is -0.666. The van der Waals surface area contributed by atoms with Gasteiger partial charge >= 0.3 is 0 Å². The first-order valence-electron chi connectivity index (χ1n) is 11.8. The lowest BCUT2D eigenvalue weighted by Crippen LogP contribution is -2.39. The van der Waals surface area contributed by atoms with Crippen molar-refractivity contribution in [1.82, 2.24) is 4.90 Å². The maximum atomic E-state index is 13.3. The molecule has 1 N–H and O–H groups in total. The molecule has 35 heavy (non-hydrogen) atoms. The van der Waals surface area contributed by atoms with Crippen LogP contribution in [0.1, 0.15) is 31.2 Å². The molecule has 176 valence electrons. The van der Waals surface area contributed by atoms with Crippen LogP contribution in [0.3, 0.4) is 0 Å². The van der Waals surface area contributed by atoms with Crippen LogP contribution in [-0.4, -0.2) is 39.9 Å². The molecule has 1 fully saturated rings. The number of fused-ring (bicyclic) bond motifs is 4. The monoisotopic (exact) mass is 531 g/mol. The average Bonchev–Trinajstić information content (AvgIpc) is 3.11. The number of hydrogen-bond donors (Lipinski definition) is 1. The zero-order valence-electron chi connectivity index (χ0n) is 19.0. The highest BCUT2D eigenvalue weighted by atomic mass is 79.9. The van der Waals surface area contributed by atoms with Crippen molar-refractivity contribution >= 4 is 50.1 Å². The van der Waals surface area contributed by atoms with Gasteiger partial charge in [0.25, 0.3) is 0 Å². The van der Waals surface area contributed by atoms with E-state index in [0.29, 0.717) is 35.1 Å². The Morgan fingerprint density at radius 2 is 1.80 bits per heavy atom. The minimum Gasteiger partial charge on any atom is -0.507 e. The van der Waals surface area contributed by atoms with E-state index in [0.717, 1.165) is 11.0 Å². The third-order valence-electron chi connectivity index (χ3n) is 7.98. The van der Waals surface area contributed by atoms with E-state index in [4.69, 9.17) is 0 Å². The number of rotatable bonds is 2. The highest BCUT2D eigenvalue weighted by Gasteiger charge is 2.56. The molecule has 0 radical (unpaired) electrons. The van der Waals surface area contributed by atoms with E-state index in [1.165, 1.54) is 11.0 Å². The number of aromatic hydroxyl groups is 1. The number of Topliss-reactive ketones (excluding diaryl/α,β-unsaturated/α-hetero) is 1. The van der Waals surface area contributed by atoms with Gasteiger partial charge in [-0.3, -0.25) is 24.1 Å². The van der Waals surface area contributed by atoms with Crippen molar-refractivity contribution in [3.8, 4) is 5.75 Å². The Morgan fingerprint density at radius 1 is 1.03 bits per heavy atom. The van der Waals surface area contributed by atoms with Crippen LogP contribution in [0.2, 0.25) is 0 Å². The van der Waals surface area contributed by atoms with Crippen LogP contribution in [0.25, 0.3) is 10.8 Å². The van der Waals surface area contributed by atoms with Crippen LogP contribution in [-0.2, 0) is 19.2 Å². The van der Waals surface area contributed by atoms with Crippen molar-refractivity contribution in [3.05, 3.63) is 75.3 Å². The number of ketones is 2. The molecule has 1 heterocycles. The van der Waals surface area contributed by atoms with Crippen LogP contribution in [0.4, 0.5) is 0 Å². The van der Waals surface area contributed by atoms with E-state index in [-0.39, 0.29) is 40.0 Å². The van der Waals surface area contributed by atoms with E-state index in [2.05, 4.69) is 15.9 Å². The molecule has 0 spiro atoms. The lowest BCUT2D eigenvalue weighted by Gasteiger charge is -2.42. The lowest BCUT2D eigenvalue weighted by atomic mass is 9.59. The Morgan fingerprint density at radius 3 is 2.57 bits per heavy atom. The highest BCUT2D eigenvalue weighted by molar-refractivity contribution is 9.12. The summed E-state index contributed by atoms with van der Waals surface area (Å²) in [7, 11) is 0. The number of amides is 2. The Kier molecular flexibility index (Phi) is 4.97. The molecule has 2 amide bonds. The second kappa shape index (κ2) is 7.85. The molecule has 2 aromatic rings. The van der Waals surface area contributed by atoms with Gasteiger partial charge in [0.15, 0.2) is 11.6 Å². The molecule has 7 heteroatoms. The maximum Gasteiger partial charge on any atom is 0.233 e. The Balaban J connectivity index is 1.59. The molecule has 6 nitrogen and oxygen atoms in total. The molecule has 1 aliphatic heterocycles. The third kappa shape index (κ3) is 3.00. The summed E-state index contributed by atoms with van der Waals surface area (Å²) >= 11 is 3.23. The Hall–Kier alpha value is -3.32. The van der Waals surface area contributed by atoms with E-state index in [1.807, 2.05) is 36.4 Å². The fourth-order valence-corrected chi connectivity index (χ4v) is 6.89. The molecule has 6 rings (SSSR count). The van der Waals surface area contributed by atoms with E-state index < -0.39 is 23.7 Å². The van der Waals surface area contributed by atoms with E-state index in [9.17, 15) is 24.3 Å². The number of carbonyl (C=O) groups excluding carboxylic acids is 4. The number of phenols is 1. The maximum absolute atomic E-state index is 13.3. The number of benzene rings is 2. The third-order valence-corrected chi connectivity index (χ3v) is 8.57. The van der Waals surface area contributed by atoms with Gasteiger partial charge in [0.05, 0.1) is 16.3 Å². The normalized spacial score (nSPS) is 28.1. The molecular formula is C28H22BrNO5. The number of nitrogens with zero attached hydrogens (tertiary/aromatic N) is 1. The Labute approximate surface area is 210 Å². The topological polar surface area (TPSA) is 91.8 Å². The minimum absolute atomic E-state index is 0.0569. The van der Waals surface area contributed by atoms with Crippen molar-refractivity contribution in [1.29, 1.82) is 0 Å². The second-order valence-corrected chi connectivity index (χ2v) is 10.4. The van der Waals surface area contributed by atoms with Gasteiger partial charge in [-0.25, -0.2) is 0 Å². The van der Waals surface area contributed by atoms with Gasteiger partial charge in [0.1, 0.15) is 5.75 Å². The number of carbonyl (C=O) groups is 4. The van der Waals surface area contributed by atoms with Crippen LogP contribution >= 0.6 is 15.9 Å². The van der Waals surface area contributed by atoms with Gasteiger partial charge in [-0.1, -0.05) is 48.0 Å². The van der Waals surface area contributed by atoms with Crippen LogP contribution in [0.5, 0.6) is 5.75 Å².